The number of aliphatic hydroxyl groups is 1. The quantitative estimate of drug-likeness (QED) is 0.702. The largest absolute Gasteiger partial charge is 0.467 e. The number of esters is 1. The molecule has 1 unspecified atom stereocenters. The highest BCUT2D eigenvalue weighted by molar-refractivity contribution is 5.78. The minimum Gasteiger partial charge on any atom is -0.467 e. The van der Waals surface area contributed by atoms with E-state index in [9.17, 15) is 9.90 Å². The Morgan fingerprint density at radius 3 is 2.53 bits per heavy atom. The van der Waals surface area contributed by atoms with Crippen molar-refractivity contribution in [2.75, 3.05) is 26.7 Å². The molecule has 4 heteroatoms. The number of β-amino-alcohol motifs (C(OH)–C–C–N with tert-alkyl or cyclic N) is 1. The molecule has 0 amide bonds. The van der Waals surface area contributed by atoms with E-state index in [0.29, 0.717) is 6.54 Å². The minimum absolute atomic E-state index is 0.367. The summed E-state index contributed by atoms with van der Waals surface area (Å²) < 4.78 is 4.56. The van der Waals surface area contributed by atoms with Gasteiger partial charge in [0.25, 0.3) is 0 Å². The molecule has 1 fully saturated rings. The molecule has 1 N–H and O–H groups in total. The summed E-state index contributed by atoms with van der Waals surface area (Å²) in [6, 6.07) is 0. The zero-order chi connectivity index (χ0) is 11.5. The van der Waals surface area contributed by atoms with Crippen molar-refractivity contribution >= 4 is 5.97 Å². The fourth-order valence-corrected chi connectivity index (χ4v) is 1.94. The molecule has 4 nitrogen and oxygen atoms in total. The molecule has 0 bridgehead atoms. The molecule has 15 heavy (non-hydrogen) atoms. The lowest BCUT2D eigenvalue weighted by Crippen LogP contribution is -2.49. The van der Waals surface area contributed by atoms with Crippen LogP contribution in [-0.4, -0.2) is 48.3 Å². The van der Waals surface area contributed by atoms with Crippen LogP contribution in [0.5, 0.6) is 0 Å². The van der Waals surface area contributed by atoms with Crippen LogP contribution >= 0.6 is 0 Å². The number of rotatable bonds is 3. The van der Waals surface area contributed by atoms with Gasteiger partial charge in [0, 0.05) is 6.54 Å². The van der Waals surface area contributed by atoms with E-state index in [4.69, 9.17) is 0 Å². The lowest BCUT2D eigenvalue weighted by molar-refractivity contribution is -0.162. The molecular weight excluding hydrogens is 194 g/mol. The van der Waals surface area contributed by atoms with Gasteiger partial charge in [-0.15, -0.1) is 0 Å². The first-order valence-corrected chi connectivity index (χ1v) is 5.49. The molecule has 1 heterocycles. The van der Waals surface area contributed by atoms with E-state index in [2.05, 4.69) is 16.6 Å². The third-order valence-electron chi connectivity index (χ3n) is 3.03. The van der Waals surface area contributed by atoms with Gasteiger partial charge in [-0.3, -0.25) is 4.90 Å². The van der Waals surface area contributed by atoms with E-state index >= 15 is 0 Å². The van der Waals surface area contributed by atoms with E-state index in [-0.39, 0.29) is 0 Å². The number of hydrogen-bond acceptors (Lipinski definition) is 4. The SMILES string of the molecule is COC(=O)C(C)(O)CN1CCC(C)CC1. The molecule has 88 valence electrons. The average molecular weight is 215 g/mol. The molecule has 1 atom stereocenters. The van der Waals surface area contributed by atoms with Crippen LogP contribution < -0.4 is 0 Å². The van der Waals surface area contributed by atoms with Crippen molar-refractivity contribution in [2.24, 2.45) is 5.92 Å². The van der Waals surface area contributed by atoms with E-state index < -0.39 is 11.6 Å². The summed E-state index contributed by atoms with van der Waals surface area (Å²) in [5.74, 6) is 0.199. The van der Waals surface area contributed by atoms with Crippen LogP contribution in [-0.2, 0) is 9.53 Å². The Kier molecular flexibility index (Phi) is 4.11. The topological polar surface area (TPSA) is 49.8 Å². The van der Waals surface area contributed by atoms with Crippen molar-refractivity contribution in [3.05, 3.63) is 0 Å². The van der Waals surface area contributed by atoms with Crippen LogP contribution in [0, 0.1) is 5.92 Å². The number of hydrogen-bond donors (Lipinski definition) is 1. The summed E-state index contributed by atoms with van der Waals surface area (Å²) in [7, 11) is 1.30. The molecule has 0 aromatic heterocycles. The molecular formula is C11H21NO3. The first kappa shape index (κ1) is 12.5. The van der Waals surface area contributed by atoms with Crippen LogP contribution in [0.25, 0.3) is 0 Å². The molecule has 0 spiro atoms. The Labute approximate surface area is 91.2 Å². The van der Waals surface area contributed by atoms with E-state index in [0.717, 1.165) is 31.8 Å². The van der Waals surface area contributed by atoms with Crippen LogP contribution in [0.15, 0.2) is 0 Å². The molecule has 1 aliphatic rings. The number of likely N-dealkylation sites (tertiary alicyclic amines) is 1. The van der Waals surface area contributed by atoms with Gasteiger partial charge in [-0.2, -0.15) is 0 Å². The van der Waals surface area contributed by atoms with Crippen molar-refractivity contribution in [1.82, 2.24) is 4.90 Å². The Hall–Kier alpha value is -0.610. The third-order valence-corrected chi connectivity index (χ3v) is 3.03. The van der Waals surface area contributed by atoms with Crippen LogP contribution in [0.3, 0.4) is 0 Å². The maximum Gasteiger partial charge on any atom is 0.338 e. The van der Waals surface area contributed by atoms with Crippen molar-refractivity contribution < 1.29 is 14.6 Å². The lowest BCUT2D eigenvalue weighted by Gasteiger charge is -2.34. The average Bonchev–Trinajstić information content (AvgIpc) is 2.20. The van der Waals surface area contributed by atoms with Gasteiger partial charge in [-0.1, -0.05) is 6.92 Å². The fraction of sp³-hybridized carbons (Fsp3) is 0.909. The zero-order valence-electron chi connectivity index (χ0n) is 9.82. The summed E-state index contributed by atoms with van der Waals surface area (Å²) in [4.78, 5) is 13.4. The Morgan fingerprint density at radius 1 is 1.53 bits per heavy atom. The van der Waals surface area contributed by atoms with Gasteiger partial charge < -0.3 is 9.84 Å². The molecule has 0 aliphatic carbocycles. The van der Waals surface area contributed by atoms with Gasteiger partial charge in [-0.25, -0.2) is 4.79 Å². The maximum atomic E-state index is 11.3. The van der Waals surface area contributed by atoms with Crippen molar-refractivity contribution in [3.63, 3.8) is 0 Å². The predicted octanol–water partition coefficient (Wildman–Crippen LogP) is 0.642. The normalized spacial score (nSPS) is 23.5. The van der Waals surface area contributed by atoms with Crippen LogP contribution in [0.1, 0.15) is 26.7 Å². The highest BCUT2D eigenvalue weighted by atomic mass is 16.5. The zero-order valence-corrected chi connectivity index (χ0v) is 9.82. The van der Waals surface area contributed by atoms with Gasteiger partial charge in [0.15, 0.2) is 5.60 Å². The van der Waals surface area contributed by atoms with Crippen LogP contribution in [0.4, 0.5) is 0 Å². The summed E-state index contributed by atoms with van der Waals surface area (Å²) in [6.45, 7) is 6.02. The molecule has 0 aromatic carbocycles. The molecule has 1 rings (SSSR count). The Balaban J connectivity index is 2.43. The lowest BCUT2D eigenvalue weighted by atomic mass is 9.97. The van der Waals surface area contributed by atoms with Crippen molar-refractivity contribution in [1.29, 1.82) is 0 Å². The van der Waals surface area contributed by atoms with Crippen molar-refractivity contribution in [3.8, 4) is 0 Å². The summed E-state index contributed by atoms with van der Waals surface area (Å²) in [5, 5.41) is 9.88. The summed E-state index contributed by atoms with van der Waals surface area (Å²) >= 11 is 0. The number of ether oxygens (including phenoxy) is 1. The van der Waals surface area contributed by atoms with Gasteiger partial charge in [0.2, 0.25) is 0 Å². The predicted molar refractivity (Wildman–Crippen MR) is 57.5 cm³/mol. The van der Waals surface area contributed by atoms with Gasteiger partial charge in [0.05, 0.1) is 7.11 Å². The number of carbonyl (C=O) groups excluding carboxylic acids is 1. The minimum atomic E-state index is -1.38. The second kappa shape index (κ2) is 4.94. The second-order valence-electron chi connectivity index (χ2n) is 4.72. The fourth-order valence-electron chi connectivity index (χ4n) is 1.94. The molecule has 0 radical (unpaired) electrons. The standard InChI is InChI=1S/C11H21NO3/c1-9-4-6-12(7-5-9)8-11(2,14)10(13)15-3/h9,14H,4-8H2,1-3H3. The second-order valence-corrected chi connectivity index (χ2v) is 4.72. The van der Waals surface area contributed by atoms with Gasteiger partial charge >= 0.3 is 5.97 Å². The number of piperidine rings is 1. The van der Waals surface area contributed by atoms with Crippen molar-refractivity contribution in [2.45, 2.75) is 32.3 Å². The molecule has 1 aliphatic heterocycles. The van der Waals surface area contributed by atoms with Crippen LogP contribution in [0.2, 0.25) is 0 Å². The Bertz CT molecular complexity index is 220. The van der Waals surface area contributed by atoms with E-state index in [1.807, 2.05) is 0 Å². The number of carbonyl (C=O) groups is 1. The van der Waals surface area contributed by atoms with Gasteiger partial charge in [0.1, 0.15) is 0 Å². The van der Waals surface area contributed by atoms with E-state index in [1.165, 1.54) is 14.0 Å². The smallest absolute Gasteiger partial charge is 0.338 e. The number of nitrogens with zero attached hydrogens (tertiary/aromatic N) is 1. The highest BCUT2D eigenvalue weighted by Gasteiger charge is 2.34. The van der Waals surface area contributed by atoms with E-state index in [1.54, 1.807) is 0 Å². The molecule has 1 saturated heterocycles. The summed E-state index contributed by atoms with van der Waals surface area (Å²) in [5.41, 5.74) is -1.38. The number of methoxy groups -OCH3 is 1. The van der Waals surface area contributed by atoms with Gasteiger partial charge in [-0.05, 0) is 38.8 Å². The third kappa shape index (κ3) is 3.47. The molecule has 0 aromatic rings. The molecule has 0 saturated carbocycles. The maximum absolute atomic E-state index is 11.3. The first-order chi connectivity index (χ1) is 6.95. The highest BCUT2D eigenvalue weighted by Crippen LogP contribution is 2.18. The summed E-state index contributed by atoms with van der Waals surface area (Å²) in [6.07, 6.45) is 2.27. The first-order valence-electron chi connectivity index (χ1n) is 5.49. The Morgan fingerprint density at radius 2 is 2.07 bits per heavy atom. The monoisotopic (exact) mass is 215 g/mol.